The summed E-state index contributed by atoms with van der Waals surface area (Å²) in [7, 11) is 0. The van der Waals surface area contributed by atoms with Crippen LogP contribution in [0.5, 0.6) is 0 Å². The molecule has 0 aliphatic carbocycles. The monoisotopic (exact) mass is 312 g/mol. The minimum Gasteiger partial charge on any atom is -0.353 e. The van der Waals surface area contributed by atoms with E-state index in [9.17, 15) is 4.79 Å². The van der Waals surface area contributed by atoms with Crippen molar-refractivity contribution in [2.75, 3.05) is 18.8 Å². The predicted molar refractivity (Wildman–Crippen MR) is 85.4 cm³/mol. The van der Waals surface area contributed by atoms with Crippen LogP contribution in [0.15, 0.2) is 29.2 Å². The van der Waals surface area contributed by atoms with E-state index in [1.165, 1.54) is 0 Å². The second kappa shape index (κ2) is 7.91. The number of piperidine rings is 1. The average Bonchev–Trinajstić information content (AvgIpc) is 2.44. The summed E-state index contributed by atoms with van der Waals surface area (Å²) in [4.78, 5) is 13.1. The van der Waals surface area contributed by atoms with E-state index in [-0.39, 0.29) is 5.91 Å². The number of carbonyl (C=O) groups is 1. The highest BCUT2D eigenvalue weighted by Crippen LogP contribution is 2.21. The normalized spacial score (nSPS) is 22.5. The third-order valence-corrected chi connectivity index (χ3v) is 4.81. The van der Waals surface area contributed by atoms with Crippen LogP contribution in [0.4, 0.5) is 0 Å². The first-order valence-corrected chi connectivity index (χ1v) is 8.40. The topological polar surface area (TPSA) is 41.1 Å². The van der Waals surface area contributed by atoms with Gasteiger partial charge in [-0.3, -0.25) is 4.79 Å². The molecule has 0 aromatic heterocycles. The summed E-state index contributed by atoms with van der Waals surface area (Å²) in [6.07, 6.45) is 1.58. The minimum absolute atomic E-state index is 0.158. The first-order valence-electron chi connectivity index (χ1n) is 7.03. The van der Waals surface area contributed by atoms with Gasteiger partial charge < -0.3 is 10.6 Å². The van der Waals surface area contributed by atoms with Gasteiger partial charge in [-0.05, 0) is 49.7 Å². The van der Waals surface area contributed by atoms with Crippen LogP contribution in [-0.2, 0) is 4.79 Å². The van der Waals surface area contributed by atoms with Gasteiger partial charge in [-0.15, -0.1) is 11.8 Å². The molecule has 2 atom stereocenters. The summed E-state index contributed by atoms with van der Waals surface area (Å²) < 4.78 is 0. The Labute approximate surface area is 129 Å². The fraction of sp³-hybridized carbons (Fsp3) is 0.533. The lowest BCUT2D eigenvalue weighted by Gasteiger charge is -2.30. The Kier molecular flexibility index (Phi) is 6.20. The van der Waals surface area contributed by atoms with Gasteiger partial charge in [-0.1, -0.05) is 18.5 Å². The van der Waals surface area contributed by atoms with Crippen LogP contribution in [0.2, 0.25) is 5.02 Å². The first kappa shape index (κ1) is 15.7. The van der Waals surface area contributed by atoms with Crippen molar-refractivity contribution in [3.63, 3.8) is 0 Å². The van der Waals surface area contributed by atoms with Crippen molar-refractivity contribution in [1.82, 2.24) is 10.6 Å². The number of nitrogens with one attached hydrogen (secondary N) is 2. The molecule has 20 heavy (non-hydrogen) atoms. The predicted octanol–water partition coefficient (Wildman–Crippen LogP) is 2.94. The molecule has 1 amide bonds. The highest BCUT2D eigenvalue weighted by molar-refractivity contribution is 7.99. The van der Waals surface area contributed by atoms with Crippen molar-refractivity contribution >= 4 is 29.3 Å². The third-order valence-electron chi connectivity index (χ3n) is 3.54. The molecule has 1 fully saturated rings. The van der Waals surface area contributed by atoms with Crippen molar-refractivity contribution < 1.29 is 4.79 Å². The van der Waals surface area contributed by atoms with Crippen molar-refractivity contribution in [2.45, 2.75) is 30.7 Å². The van der Waals surface area contributed by atoms with Gasteiger partial charge in [-0.2, -0.15) is 0 Å². The molecular weight excluding hydrogens is 292 g/mol. The lowest BCUT2D eigenvalue weighted by molar-refractivity contribution is -0.121. The van der Waals surface area contributed by atoms with Crippen LogP contribution in [0, 0.1) is 5.92 Å². The number of thioether (sulfide) groups is 1. The minimum atomic E-state index is 0.158. The maximum Gasteiger partial charge on any atom is 0.221 e. The van der Waals surface area contributed by atoms with E-state index in [1.807, 2.05) is 24.3 Å². The third kappa shape index (κ3) is 5.00. The molecule has 3 nitrogen and oxygen atoms in total. The molecular formula is C15H21ClN2OS. The number of rotatable bonds is 5. The standard InChI is InChI=1S/C15H21ClN2OS/c1-11-10-17-8-6-14(11)18-15(19)7-9-20-13-4-2-12(16)3-5-13/h2-5,11,14,17H,6-10H2,1H3,(H,18,19). The molecule has 0 radical (unpaired) electrons. The Balaban J connectivity index is 1.68. The lowest BCUT2D eigenvalue weighted by Crippen LogP contribution is -2.48. The fourth-order valence-corrected chi connectivity index (χ4v) is 3.28. The molecule has 1 aliphatic rings. The highest BCUT2D eigenvalue weighted by Gasteiger charge is 2.22. The second-order valence-corrected chi connectivity index (χ2v) is 6.80. The lowest BCUT2D eigenvalue weighted by atomic mass is 9.95. The molecule has 1 heterocycles. The zero-order chi connectivity index (χ0) is 14.4. The summed E-state index contributed by atoms with van der Waals surface area (Å²) in [5, 5.41) is 7.23. The highest BCUT2D eigenvalue weighted by atomic mass is 35.5. The smallest absolute Gasteiger partial charge is 0.221 e. The van der Waals surface area contributed by atoms with Crippen molar-refractivity contribution in [3.8, 4) is 0 Å². The Morgan fingerprint density at radius 3 is 2.90 bits per heavy atom. The van der Waals surface area contributed by atoms with Gasteiger partial charge in [0.15, 0.2) is 0 Å². The zero-order valence-electron chi connectivity index (χ0n) is 11.7. The van der Waals surface area contributed by atoms with E-state index >= 15 is 0 Å². The Hall–Kier alpha value is -0.710. The van der Waals surface area contributed by atoms with Crippen LogP contribution in [0.3, 0.4) is 0 Å². The summed E-state index contributed by atoms with van der Waals surface area (Å²) in [6, 6.07) is 8.05. The van der Waals surface area contributed by atoms with Gasteiger partial charge in [0.25, 0.3) is 0 Å². The number of amides is 1. The molecule has 5 heteroatoms. The summed E-state index contributed by atoms with van der Waals surface area (Å²) in [6.45, 7) is 4.17. The van der Waals surface area contributed by atoms with Gasteiger partial charge in [0.05, 0.1) is 0 Å². The van der Waals surface area contributed by atoms with Gasteiger partial charge in [-0.25, -0.2) is 0 Å². The van der Waals surface area contributed by atoms with Crippen molar-refractivity contribution in [1.29, 1.82) is 0 Å². The number of hydrogen-bond donors (Lipinski definition) is 2. The Morgan fingerprint density at radius 1 is 1.45 bits per heavy atom. The number of benzene rings is 1. The van der Waals surface area contributed by atoms with Crippen molar-refractivity contribution in [3.05, 3.63) is 29.3 Å². The molecule has 1 saturated heterocycles. The molecule has 0 saturated carbocycles. The number of carbonyl (C=O) groups excluding carboxylic acids is 1. The molecule has 0 bridgehead atoms. The quantitative estimate of drug-likeness (QED) is 0.821. The summed E-state index contributed by atoms with van der Waals surface area (Å²) in [5.74, 6) is 1.47. The molecule has 1 aliphatic heterocycles. The zero-order valence-corrected chi connectivity index (χ0v) is 13.3. The van der Waals surface area contributed by atoms with E-state index in [0.717, 1.165) is 35.2 Å². The summed E-state index contributed by atoms with van der Waals surface area (Å²) in [5.41, 5.74) is 0. The molecule has 110 valence electrons. The van der Waals surface area contributed by atoms with E-state index in [2.05, 4.69) is 17.6 Å². The van der Waals surface area contributed by atoms with Crippen LogP contribution >= 0.6 is 23.4 Å². The van der Waals surface area contributed by atoms with Crippen LogP contribution in [0.1, 0.15) is 19.8 Å². The molecule has 1 aromatic rings. The average molecular weight is 313 g/mol. The molecule has 2 rings (SSSR count). The first-order chi connectivity index (χ1) is 9.65. The maximum atomic E-state index is 11.9. The van der Waals surface area contributed by atoms with Crippen LogP contribution < -0.4 is 10.6 Å². The summed E-state index contributed by atoms with van der Waals surface area (Å²) >= 11 is 7.53. The Morgan fingerprint density at radius 2 is 2.20 bits per heavy atom. The number of halogens is 1. The van der Waals surface area contributed by atoms with E-state index in [1.54, 1.807) is 11.8 Å². The van der Waals surface area contributed by atoms with Gasteiger partial charge >= 0.3 is 0 Å². The molecule has 2 unspecified atom stereocenters. The maximum absolute atomic E-state index is 11.9. The Bertz CT molecular complexity index is 438. The van der Waals surface area contributed by atoms with E-state index in [4.69, 9.17) is 11.6 Å². The van der Waals surface area contributed by atoms with Gasteiger partial charge in [0.2, 0.25) is 5.91 Å². The second-order valence-electron chi connectivity index (χ2n) is 5.20. The number of hydrogen-bond acceptors (Lipinski definition) is 3. The van der Waals surface area contributed by atoms with Gasteiger partial charge in [0.1, 0.15) is 0 Å². The molecule has 0 spiro atoms. The van der Waals surface area contributed by atoms with E-state index < -0.39 is 0 Å². The molecule has 1 aromatic carbocycles. The van der Waals surface area contributed by atoms with Crippen LogP contribution in [-0.4, -0.2) is 30.8 Å². The van der Waals surface area contributed by atoms with Crippen LogP contribution in [0.25, 0.3) is 0 Å². The van der Waals surface area contributed by atoms with E-state index in [0.29, 0.717) is 18.4 Å². The van der Waals surface area contributed by atoms with Crippen molar-refractivity contribution in [2.24, 2.45) is 5.92 Å². The molecule has 2 N–H and O–H groups in total. The fourth-order valence-electron chi connectivity index (χ4n) is 2.30. The SMILES string of the molecule is CC1CNCCC1NC(=O)CCSc1ccc(Cl)cc1. The van der Waals surface area contributed by atoms with Gasteiger partial charge in [0, 0.05) is 28.1 Å². The largest absolute Gasteiger partial charge is 0.353 e.